The van der Waals surface area contributed by atoms with Crippen molar-refractivity contribution in [2.75, 3.05) is 24.6 Å². The first-order chi connectivity index (χ1) is 17.7. The first-order valence-corrected chi connectivity index (χ1v) is 11.9. The summed E-state index contributed by atoms with van der Waals surface area (Å²) in [6, 6.07) is 10.5. The predicted molar refractivity (Wildman–Crippen MR) is 129 cm³/mol. The van der Waals surface area contributed by atoms with Crippen molar-refractivity contribution in [1.29, 1.82) is 5.26 Å². The number of hydrogen-bond donors (Lipinski definition) is 1. The Bertz CT molecular complexity index is 1440. The van der Waals surface area contributed by atoms with Crippen molar-refractivity contribution >= 4 is 16.9 Å². The van der Waals surface area contributed by atoms with E-state index in [1.165, 1.54) is 24.4 Å². The minimum atomic E-state index is -4.62. The number of aryl methyl sites for hydroxylation is 1. The highest BCUT2D eigenvalue weighted by Gasteiger charge is 2.35. The molecule has 11 heteroatoms. The van der Waals surface area contributed by atoms with Crippen molar-refractivity contribution in [2.45, 2.75) is 25.4 Å². The van der Waals surface area contributed by atoms with Crippen LogP contribution in [0.25, 0.3) is 22.3 Å². The summed E-state index contributed by atoms with van der Waals surface area (Å²) < 4.78 is 62.1. The number of benzene rings is 1. The molecule has 192 valence electrons. The van der Waals surface area contributed by atoms with Crippen LogP contribution >= 0.6 is 0 Å². The molecule has 0 amide bonds. The standard InChI is InChI=1S/C26H24F4N6O/c1-35-22-13-20(33-21(14-31)25(22)34-35)17-2-4-23(19(12-17)26(28,29)30)37-11-8-16-6-9-36(10-7-16)24-5-3-18(27)15-32-24/h2-5,12-13,15-16,34H,6-11H2,1H3. The second-order valence-electron chi connectivity index (χ2n) is 9.14. The highest BCUT2D eigenvalue weighted by Crippen LogP contribution is 2.39. The fraction of sp³-hybridized carbons (Fsp3) is 0.346. The van der Waals surface area contributed by atoms with Gasteiger partial charge in [0, 0.05) is 25.7 Å². The number of nitriles is 1. The molecule has 1 aromatic carbocycles. The van der Waals surface area contributed by atoms with Gasteiger partial charge in [0.15, 0.2) is 5.69 Å². The molecule has 3 aromatic heterocycles. The van der Waals surface area contributed by atoms with E-state index in [1.54, 1.807) is 23.9 Å². The molecule has 0 radical (unpaired) electrons. The molecular formula is C26H24F4N6O. The lowest BCUT2D eigenvalue weighted by Crippen LogP contribution is -2.34. The molecule has 1 aliphatic rings. The average Bonchev–Trinajstić information content (AvgIpc) is 2.88. The zero-order valence-corrected chi connectivity index (χ0v) is 20.0. The van der Waals surface area contributed by atoms with Crippen LogP contribution in [0.2, 0.25) is 0 Å². The summed E-state index contributed by atoms with van der Waals surface area (Å²) in [6.07, 6.45) is -1.10. The third kappa shape index (κ3) is 5.09. The first kappa shape index (κ1) is 24.6. The van der Waals surface area contributed by atoms with Gasteiger partial charge in [-0.05, 0) is 61.6 Å². The maximum Gasteiger partial charge on any atom is 0.419 e. The number of rotatable bonds is 6. The molecule has 1 saturated heterocycles. The van der Waals surface area contributed by atoms with Crippen LogP contribution in [-0.2, 0) is 13.2 Å². The molecular weight excluding hydrogens is 488 g/mol. The van der Waals surface area contributed by atoms with E-state index < -0.39 is 11.7 Å². The molecule has 0 bridgehead atoms. The second kappa shape index (κ2) is 9.76. The van der Waals surface area contributed by atoms with Gasteiger partial charge < -0.3 is 9.64 Å². The molecule has 0 unspecified atom stereocenters. The van der Waals surface area contributed by atoms with E-state index in [1.807, 2.05) is 6.07 Å². The molecule has 4 heterocycles. The second-order valence-corrected chi connectivity index (χ2v) is 9.14. The summed E-state index contributed by atoms with van der Waals surface area (Å²) in [7, 11) is 1.74. The summed E-state index contributed by atoms with van der Waals surface area (Å²) in [5, 5.41) is 12.3. The van der Waals surface area contributed by atoms with Gasteiger partial charge >= 0.3 is 6.18 Å². The number of piperidine rings is 1. The molecule has 5 rings (SSSR count). The monoisotopic (exact) mass is 512 g/mol. The number of anilines is 1. The van der Waals surface area contributed by atoms with Crippen LogP contribution < -0.4 is 9.64 Å². The Labute approximate surface area is 210 Å². The van der Waals surface area contributed by atoms with Crippen LogP contribution in [-0.4, -0.2) is 39.4 Å². The molecule has 0 saturated carbocycles. The molecule has 1 fully saturated rings. The number of nitrogens with zero attached hydrogens (tertiary/aromatic N) is 5. The van der Waals surface area contributed by atoms with E-state index in [-0.39, 0.29) is 35.1 Å². The Morgan fingerprint density at radius 2 is 1.95 bits per heavy atom. The lowest BCUT2D eigenvalue weighted by atomic mass is 9.94. The van der Waals surface area contributed by atoms with E-state index >= 15 is 0 Å². The summed E-state index contributed by atoms with van der Waals surface area (Å²) >= 11 is 0. The molecule has 0 spiro atoms. The molecule has 0 aliphatic carbocycles. The van der Waals surface area contributed by atoms with Gasteiger partial charge in [-0.25, -0.2) is 14.4 Å². The quantitative estimate of drug-likeness (QED) is 0.336. The Balaban J connectivity index is 1.25. The van der Waals surface area contributed by atoms with Crippen LogP contribution in [0.15, 0.2) is 42.6 Å². The van der Waals surface area contributed by atoms with Crippen molar-refractivity contribution in [3.05, 3.63) is 59.7 Å². The average molecular weight is 513 g/mol. The van der Waals surface area contributed by atoms with Crippen molar-refractivity contribution in [3.8, 4) is 23.1 Å². The van der Waals surface area contributed by atoms with Crippen LogP contribution in [0.1, 0.15) is 30.5 Å². The van der Waals surface area contributed by atoms with E-state index in [2.05, 4.69) is 20.0 Å². The largest absolute Gasteiger partial charge is 0.493 e. The Kier molecular flexibility index (Phi) is 6.50. The number of pyridine rings is 2. The Morgan fingerprint density at radius 3 is 2.59 bits per heavy atom. The lowest BCUT2D eigenvalue weighted by Gasteiger charge is -2.32. The fourth-order valence-corrected chi connectivity index (χ4v) is 4.69. The van der Waals surface area contributed by atoms with E-state index in [0.29, 0.717) is 23.4 Å². The zero-order chi connectivity index (χ0) is 26.2. The van der Waals surface area contributed by atoms with Crippen LogP contribution in [0.4, 0.5) is 23.4 Å². The minimum Gasteiger partial charge on any atom is -0.493 e. The molecule has 37 heavy (non-hydrogen) atoms. The van der Waals surface area contributed by atoms with Gasteiger partial charge in [0.2, 0.25) is 0 Å². The number of alkyl halides is 3. The van der Waals surface area contributed by atoms with Crippen molar-refractivity contribution in [2.24, 2.45) is 13.0 Å². The first-order valence-electron chi connectivity index (χ1n) is 11.9. The number of halogens is 4. The Morgan fingerprint density at radius 1 is 1.16 bits per heavy atom. The summed E-state index contributed by atoms with van der Waals surface area (Å²) in [5.41, 5.74) is 1.03. The van der Waals surface area contributed by atoms with Gasteiger partial charge in [-0.3, -0.25) is 9.78 Å². The number of fused-ring (bicyclic) bond motifs is 1. The van der Waals surface area contributed by atoms with E-state index in [0.717, 1.165) is 37.8 Å². The minimum absolute atomic E-state index is 0.126. The SMILES string of the molecule is Cn1[nH]c2c(C#N)nc(-c3ccc(OCCC4CCN(c5ccc(F)cn5)CC4)c(C(F)(F)F)c3)cc21. The van der Waals surface area contributed by atoms with Crippen LogP contribution in [0.5, 0.6) is 5.75 Å². The smallest absolute Gasteiger partial charge is 0.419 e. The number of nitrogens with one attached hydrogen (secondary N) is 1. The number of aromatic nitrogens is 4. The molecule has 1 N–H and O–H groups in total. The number of H-pyrrole nitrogens is 1. The van der Waals surface area contributed by atoms with Gasteiger partial charge in [0.05, 0.1) is 29.6 Å². The topological polar surface area (TPSA) is 82.8 Å². The predicted octanol–water partition coefficient (Wildman–Crippen LogP) is 5.68. The fourth-order valence-electron chi connectivity index (χ4n) is 4.69. The molecule has 4 aromatic rings. The number of aromatic amines is 1. The van der Waals surface area contributed by atoms with Gasteiger partial charge in [-0.1, -0.05) is 0 Å². The normalized spacial score (nSPS) is 14.8. The highest BCUT2D eigenvalue weighted by atomic mass is 19.4. The van der Waals surface area contributed by atoms with Crippen molar-refractivity contribution in [1.82, 2.24) is 19.7 Å². The molecule has 0 atom stereocenters. The van der Waals surface area contributed by atoms with Crippen LogP contribution in [0.3, 0.4) is 0 Å². The lowest BCUT2D eigenvalue weighted by molar-refractivity contribution is -0.138. The number of ether oxygens (including phenoxy) is 1. The van der Waals surface area contributed by atoms with Crippen molar-refractivity contribution < 1.29 is 22.3 Å². The van der Waals surface area contributed by atoms with Gasteiger partial charge in [0.1, 0.15) is 29.0 Å². The maximum atomic E-state index is 13.9. The molecule has 7 nitrogen and oxygen atoms in total. The summed E-state index contributed by atoms with van der Waals surface area (Å²) in [6.45, 7) is 1.65. The summed E-state index contributed by atoms with van der Waals surface area (Å²) in [5.74, 6) is 0.421. The van der Waals surface area contributed by atoms with Crippen molar-refractivity contribution in [3.63, 3.8) is 0 Å². The van der Waals surface area contributed by atoms with E-state index in [4.69, 9.17) is 4.74 Å². The van der Waals surface area contributed by atoms with Gasteiger partial charge in [-0.2, -0.15) is 18.4 Å². The summed E-state index contributed by atoms with van der Waals surface area (Å²) in [4.78, 5) is 10.4. The van der Waals surface area contributed by atoms with Crippen LogP contribution in [0, 0.1) is 23.1 Å². The van der Waals surface area contributed by atoms with E-state index in [9.17, 15) is 22.8 Å². The third-order valence-corrected chi connectivity index (χ3v) is 6.76. The van der Waals surface area contributed by atoms with Gasteiger partial charge in [-0.15, -0.1) is 0 Å². The maximum absolute atomic E-state index is 13.9. The number of hydrogen-bond acceptors (Lipinski definition) is 5. The molecule has 1 aliphatic heterocycles. The Hall–Kier alpha value is -4.07. The van der Waals surface area contributed by atoms with Gasteiger partial charge in [0.25, 0.3) is 0 Å². The zero-order valence-electron chi connectivity index (χ0n) is 20.0. The highest BCUT2D eigenvalue weighted by molar-refractivity contribution is 5.85. The third-order valence-electron chi connectivity index (χ3n) is 6.76.